The van der Waals surface area contributed by atoms with Crippen LogP contribution in [0.3, 0.4) is 0 Å². The van der Waals surface area contributed by atoms with Crippen LogP contribution >= 0.6 is 34.9 Å². The molecule has 2 heterocycles. The number of nitrogens with zero attached hydrogens (tertiary/aromatic N) is 2. The molecule has 0 amide bonds. The number of rotatable bonds is 2. The summed E-state index contributed by atoms with van der Waals surface area (Å²) >= 11 is 8.60. The Labute approximate surface area is 139 Å². The van der Waals surface area contributed by atoms with E-state index in [0.29, 0.717) is 5.11 Å². The molecule has 0 radical (unpaired) electrons. The SMILES string of the molecule is S=C(Nc1ccc2ncsc2c1)Nc1ccc2ncsc2c1. The Morgan fingerprint density at radius 1 is 0.818 bits per heavy atom. The van der Waals surface area contributed by atoms with E-state index in [1.54, 1.807) is 22.7 Å². The molecule has 0 aliphatic rings. The highest BCUT2D eigenvalue weighted by Crippen LogP contribution is 2.23. The smallest absolute Gasteiger partial charge is 0.175 e. The van der Waals surface area contributed by atoms with Crippen molar-refractivity contribution in [1.29, 1.82) is 0 Å². The highest BCUT2D eigenvalue weighted by Gasteiger charge is 2.03. The Bertz CT molecular complexity index is 895. The second-order valence-corrected chi connectivity index (χ2v) is 6.83. The standard InChI is InChI=1S/C15H10N4S3/c20-15(18-9-1-3-11-13(5-9)21-7-16-11)19-10-2-4-12-14(6-10)22-8-17-12/h1-8H,(H2,18,19,20). The van der Waals surface area contributed by atoms with Crippen molar-refractivity contribution in [2.45, 2.75) is 0 Å². The van der Waals surface area contributed by atoms with Gasteiger partial charge >= 0.3 is 0 Å². The van der Waals surface area contributed by atoms with E-state index in [2.05, 4.69) is 20.6 Å². The summed E-state index contributed by atoms with van der Waals surface area (Å²) in [5, 5.41) is 6.97. The molecule has 22 heavy (non-hydrogen) atoms. The van der Waals surface area contributed by atoms with Crippen LogP contribution in [-0.4, -0.2) is 15.1 Å². The number of hydrogen-bond donors (Lipinski definition) is 2. The molecule has 2 N–H and O–H groups in total. The van der Waals surface area contributed by atoms with Gasteiger partial charge in [-0.15, -0.1) is 22.7 Å². The summed E-state index contributed by atoms with van der Waals surface area (Å²) in [6.45, 7) is 0. The predicted octanol–water partition coefficient (Wildman–Crippen LogP) is 4.71. The number of fused-ring (bicyclic) bond motifs is 2. The fourth-order valence-corrected chi connectivity index (χ4v) is 3.83. The fraction of sp³-hybridized carbons (Fsp3) is 0. The van der Waals surface area contributed by atoms with E-state index in [1.807, 2.05) is 47.4 Å². The summed E-state index contributed by atoms with van der Waals surface area (Å²) in [7, 11) is 0. The van der Waals surface area contributed by atoms with Gasteiger partial charge < -0.3 is 10.6 Å². The minimum absolute atomic E-state index is 0.563. The monoisotopic (exact) mass is 342 g/mol. The topological polar surface area (TPSA) is 49.8 Å². The minimum Gasteiger partial charge on any atom is -0.332 e. The second kappa shape index (κ2) is 5.60. The number of thiazole rings is 2. The Hall–Kier alpha value is -2.09. The van der Waals surface area contributed by atoms with Crippen LogP contribution in [0, 0.1) is 0 Å². The quantitative estimate of drug-likeness (QED) is 0.517. The van der Waals surface area contributed by atoms with E-state index in [1.165, 1.54) is 0 Å². The van der Waals surface area contributed by atoms with Gasteiger partial charge in [-0.25, -0.2) is 9.97 Å². The van der Waals surface area contributed by atoms with Gasteiger partial charge in [0.05, 0.1) is 31.5 Å². The van der Waals surface area contributed by atoms with Gasteiger partial charge in [0, 0.05) is 11.4 Å². The number of benzene rings is 2. The maximum Gasteiger partial charge on any atom is 0.175 e. The van der Waals surface area contributed by atoms with Crippen molar-refractivity contribution in [3.63, 3.8) is 0 Å². The first-order chi connectivity index (χ1) is 10.8. The highest BCUT2D eigenvalue weighted by molar-refractivity contribution is 7.80. The van der Waals surface area contributed by atoms with Crippen LogP contribution in [0.1, 0.15) is 0 Å². The summed E-state index contributed by atoms with van der Waals surface area (Å²) < 4.78 is 2.28. The van der Waals surface area contributed by atoms with Gasteiger partial charge in [0.15, 0.2) is 5.11 Å². The summed E-state index contributed by atoms with van der Waals surface area (Å²) in [6.07, 6.45) is 0. The number of thiocarbonyl (C=S) groups is 1. The van der Waals surface area contributed by atoms with E-state index in [4.69, 9.17) is 12.2 Å². The zero-order valence-electron chi connectivity index (χ0n) is 11.2. The lowest BCUT2D eigenvalue weighted by atomic mass is 10.3. The van der Waals surface area contributed by atoms with Gasteiger partial charge in [0.1, 0.15) is 0 Å². The molecule has 2 aromatic heterocycles. The van der Waals surface area contributed by atoms with Gasteiger partial charge in [-0.3, -0.25) is 0 Å². The third-order valence-corrected chi connectivity index (χ3v) is 4.97. The molecule has 2 aromatic carbocycles. The van der Waals surface area contributed by atoms with Crippen molar-refractivity contribution in [3.8, 4) is 0 Å². The molecule has 0 atom stereocenters. The van der Waals surface area contributed by atoms with E-state index in [9.17, 15) is 0 Å². The Morgan fingerprint density at radius 2 is 1.32 bits per heavy atom. The number of hydrogen-bond acceptors (Lipinski definition) is 5. The summed E-state index contributed by atoms with van der Waals surface area (Å²) in [6, 6.07) is 12.0. The zero-order valence-corrected chi connectivity index (χ0v) is 13.7. The molecule has 0 saturated heterocycles. The van der Waals surface area contributed by atoms with E-state index >= 15 is 0 Å². The van der Waals surface area contributed by atoms with E-state index in [0.717, 1.165) is 31.8 Å². The fourth-order valence-electron chi connectivity index (χ4n) is 2.16. The van der Waals surface area contributed by atoms with Gasteiger partial charge in [-0.1, -0.05) is 0 Å². The molecule has 4 rings (SSSR count). The molecule has 4 aromatic rings. The van der Waals surface area contributed by atoms with Crippen LogP contribution in [0.2, 0.25) is 0 Å². The maximum atomic E-state index is 5.38. The van der Waals surface area contributed by atoms with Crippen LogP contribution in [0.25, 0.3) is 20.4 Å². The Morgan fingerprint density at radius 3 is 1.82 bits per heavy atom. The third kappa shape index (κ3) is 2.66. The summed E-state index contributed by atoms with van der Waals surface area (Å²) in [5.41, 5.74) is 7.60. The predicted molar refractivity (Wildman–Crippen MR) is 99.1 cm³/mol. The molecule has 0 spiro atoms. The van der Waals surface area contributed by atoms with Crippen molar-refractivity contribution < 1.29 is 0 Å². The number of aromatic nitrogens is 2. The molecule has 108 valence electrons. The lowest BCUT2D eigenvalue weighted by Gasteiger charge is -2.10. The molecule has 0 unspecified atom stereocenters. The number of nitrogens with one attached hydrogen (secondary N) is 2. The average molecular weight is 342 g/mol. The van der Waals surface area contributed by atoms with Gasteiger partial charge in [-0.05, 0) is 48.6 Å². The lowest BCUT2D eigenvalue weighted by molar-refractivity contribution is 1.50. The first kappa shape index (κ1) is 13.6. The van der Waals surface area contributed by atoms with Gasteiger partial charge in [0.25, 0.3) is 0 Å². The largest absolute Gasteiger partial charge is 0.332 e. The van der Waals surface area contributed by atoms with Crippen molar-refractivity contribution >= 4 is 71.8 Å². The Kier molecular flexibility index (Phi) is 3.45. The first-order valence-electron chi connectivity index (χ1n) is 6.52. The zero-order chi connectivity index (χ0) is 14.9. The van der Waals surface area contributed by atoms with Crippen LogP contribution in [-0.2, 0) is 0 Å². The minimum atomic E-state index is 0.563. The lowest BCUT2D eigenvalue weighted by Crippen LogP contribution is -2.18. The molecule has 0 fully saturated rings. The molecule has 0 aliphatic heterocycles. The normalized spacial score (nSPS) is 10.9. The Balaban J connectivity index is 1.51. The molecule has 4 nitrogen and oxygen atoms in total. The van der Waals surface area contributed by atoms with Crippen LogP contribution in [0.15, 0.2) is 47.4 Å². The molecular formula is C15H10N4S3. The summed E-state index contributed by atoms with van der Waals surface area (Å²) in [5.74, 6) is 0. The van der Waals surface area contributed by atoms with Gasteiger partial charge in [-0.2, -0.15) is 0 Å². The maximum absolute atomic E-state index is 5.38. The molecule has 0 saturated carbocycles. The molecule has 0 aliphatic carbocycles. The van der Waals surface area contributed by atoms with Crippen molar-refractivity contribution in [2.75, 3.05) is 10.6 Å². The number of anilines is 2. The third-order valence-electron chi connectivity index (χ3n) is 3.18. The molecular weight excluding hydrogens is 332 g/mol. The van der Waals surface area contributed by atoms with Crippen LogP contribution < -0.4 is 10.6 Å². The first-order valence-corrected chi connectivity index (χ1v) is 8.69. The molecule has 0 bridgehead atoms. The van der Waals surface area contributed by atoms with Crippen LogP contribution in [0.4, 0.5) is 11.4 Å². The second-order valence-electron chi connectivity index (χ2n) is 4.65. The van der Waals surface area contributed by atoms with Crippen LogP contribution in [0.5, 0.6) is 0 Å². The molecule has 7 heteroatoms. The van der Waals surface area contributed by atoms with E-state index in [-0.39, 0.29) is 0 Å². The van der Waals surface area contributed by atoms with E-state index < -0.39 is 0 Å². The van der Waals surface area contributed by atoms with Crippen molar-refractivity contribution in [1.82, 2.24) is 9.97 Å². The van der Waals surface area contributed by atoms with Crippen molar-refractivity contribution in [2.24, 2.45) is 0 Å². The van der Waals surface area contributed by atoms with Crippen molar-refractivity contribution in [3.05, 3.63) is 47.4 Å². The highest BCUT2D eigenvalue weighted by atomic mass is 32.1. The van der Waals surface area contributed by atoms with Gasteiger partial charge in [0.2, 0.25) is 0 Å². The summed E-state index contributed by atoms with van der Waals surface area (Å²) in [4.78, 5) is 8.54. The average Bonchev–Trinajstić information content (AvgIpc) is 3.14.